The fourth-order valence-electron chi connectivity index (χ4n) is 1.42. The van der Waals surface area contributed by atoms with E-state index in [4.69, 9.17) is 4.74 Å². The van der Waals surface area contributed by atoms with E-state index in [2.05, 4.69) is 0 Å². The molecule has 0 saturated carbocycles. The van der Waals surface area contributed by atoms with Crippen LogP contribution in [0.5, 0.6) is 0 Å². The van der Waals surface area contributed by atoms with E-state index < -0.39 is 21.6 Å². The van der Waals surface area contributed by atoms with Crippen LogP contribution in [0.4, 0.5) is 0 Å². The second-order valence-electron chi connectivity index (χ2n) is 4.15. The van der Waals surface area contributed by atoms with Crippen molar-refractivity contribution < 1.29 is 17.9 Å². The van der Waals surface area contributed by atoms with Crippen LogP contribution in [0.1, 0.15) is 25.3 Å². The standard InChI is InChI=1S/C13H18O4S/c1-3-4-8-17-13(14)10-18(15,16)12-7-5-6-11(2)9-12/h5-7,9H,3-4,8,10H2,1-2H3. The summed E-state index contributed by atoms with van der Waals surface area (Å²) < 4.78 is 28.7. The van der Waals surface area contributed by atoms with Gasteiger partial charge in [-0.25, -0.2) is 8.42 Å². The average Bonchev–Trinajstić information content (AvgIpc) is 2.28. The third kappa shape index (κ3) is 4.49. The van der Waals surface area contributed by atoms with Gasteiger partial charge in [0.05, 0.1) is 11.5 Å². The lowest BCUT2D eigenvalue weighted by molar-refractivity contribution is -0.140. The normalized spacial score (nSPS) is 11.2. The summed E-state index contributed by atoms with van der Waals surface area (Å²) >= 11 is 0. The molecule has 0 aromatic heterocycles. The predicted molar refractivity (Wildman–Crippen MR) is 69.1 cm³/mol. The van der Waals surface area contributed by atoms with E-state index >= 15 is 0 Å². The lowest BCUT2D eigenvalue weighted by Gasteiger charge is -2.06. The van der Waals surface area contributed by atoms with E-state index in [1.165, 1.54) is 6.07 Å². The van der Waals surface area contributed by atoms with Crippen LogP contribution in [0.15, 0.2) is 29.2 Å². The Bertz CT molecular complexity index is 505. The largest absolute Gasteiger partial charge is 0.465 e. The number of unbranched alkanes of at least 4 members (excludes halogenated alkanes) is 1. The van der Waals surface area contributed by atoms with E-state index in [-0.39, 0.29) is 11.5 Å². The second kappa shape index (κ2) is 6.54. The minimum Gasteiger partial charge on any atom is -0.465 e. The zero-order valence-corrected chi connectivity index (χ0v) is 11.5. The second-order valence-corrected chi connectivity index (χ2v) is 6.14. The van der Waals surface area contributed by atoms with Crippen LogP contribution in [-0.4, -0.2) is 26.7 Å². The highest BCUT2D eigenvalue weighted by Crippen LogP contribution is 2.13. The Labute approximate surface area is 108 Å². The summed E-state index contributed by atoms with van der Waals surface area (Å²) in [5.74, 6) is -1.29. The summed E-state index contributed by atoms with van der Waals surface area (Å²) in [6.45, 7) is 4.05. The van der Waals surface area contributed by atoms with Gasteiger partial charge in [-0.2, -0.15) is 0 Å². The van der Waals surface area contributed by atoms with Crippen molar-refractivity contribution in [2.75, 3.05) is 12.4 Å². The Morgan fingerprint density at radius 1 is 1.33 bits per heavy atom. The van der Waals surface area contributed by atoms with Crippen molar-refractivity contribution in [1.29, 1.82) is 0 Å². The number of carbonyl (C=O) groups is 1. The molecule has 0 unspecified atom stereocenters. The maximum absolute atomic E-state index is 11.9. The van der Waals surface area contributed by atoms with Crippen LogP contribution < -0.4 is 0 Å². The van der Waals surface area contributed by atoms with Gasteiger partial charge in [0.1, 0.15) is 0 Å². The van der Waals surface area contributed by atoms with E-state index in [0.717, 1.165) is 18.4 Å². The maximum atomic E-state index is 11.9. The van der Waals surface area contributed by atoms with Crippen molar-refractivity contribution in [2.45, 2.75) is 31.6 Å². The first-order valence-electron chi connectivity index (χ1n) is 5.91. The molecule has 100 valence electrons. The van der Waals surface area contributed by atoms with Gasteiger partial charge in [-0.3, -0.25) is 4.79 Å². The van der Waals surface area contributed by atoms with Crippen LogP contribution in [0.25, 0.3) is 0 Å². The Morgan fingerprint density at radius 2 is 2.06 bits per heavy atom. The molecule has 0 radical (unpaired) electrons. The van der Waals surface area contributed by atoms with Crippen LogP contribution >= 0.6 is 0 Å². The Kier molecular flexibility index (Phi) is 5.34. The zero-order chi connectivity index (χ0) is 13.6. The van der Waals surface area contributed by atoms with Gasteiger partial charge in [-0.05, 0) is 31.0 Å². The molecule has 0 spiro atoms. The number of hydrogen-bond donors (Lipinski definition) is 0. The van der Waals surface area contributed by atoms with Crippen molar-refractivity contribution in [3.63, 3.8) is 0 Å². The van der Waals surface area contributed by atoms with E-state index in [1.54, 1.807) is 25.1 Å². The average molecular weight is 270 g/mol. The molecular formula is C13H18O4S. The van der Waals surface area contributed by atoms with Crippen molar-refractivity contribution in [2.24, 2.45) is 0 Å². The molecule has 5 heteroatoms. The van der Waals surface area contributed by atoms with Crippen molar-refractivity contribution in [3.8, 4) is 0 Å². The van der Waals surface area contributed by atoms with E-state index in [0.29, 0.717) is 0 Å². The molecule has 0 aliphatic carbocycles. The first-order valence-corrected chi connectivity index (χ1v) is 7.56. The minimum absolute atomic E-state index is 0.162. The molecule has 0 saturated heterocycles. The highest BCUT2D eigenvalue weighted by Gasteiger charge is 2.20. The van der Waals surface area contributed by atoms with Gasteiger partial charge < -0.3 is 4.74 Å². The summed E-state index contributed by atoms with van der Waals surface area (Å²) in [5, 5.41) is 0. The lowest BCUT2D eigenvalue weighted by Crippen LogP contribution is -2.19. The van der Waals surface area contributed by atoms with Crippen LogP contribution in [0, 0.1) is 6.92 Å². The lowest BCUT2D eigenvalue weighted by atomic mass is 10.2. The molecule has 4 nitrogen and oxygen atoms in total. The summed E-state index contributed by atoms with van der Waals surface area (Å²) in [7, 11) is -3.59. The monoisotopic (exact) mass is 270 g/mol. The molecule has 0 aliphatic rings. The molecule has 0 aliphatic heterocycles. The summed E-state index contributed by atoms with van der Waals surface area (Å²) in [4.78, 5) is 11.6. The summed E-state index contributed by atoms with van der Waals surface area (Å²) in [6, 6.07) is 6.50. The van der Waals surface area contributed by atoms with Gasteiger partial charge >= 0.3 is 5.97 Å². The topological polar surface area (TPSA) is 60.4 Å². The van der Waals surface area contributed by atoms with Crippen LogP contribution in [0.3, 0.4) is 0 Å². The maximum Gasteiger partial charge on any atom is 0.321 e. The fraction of sp³-hybridized carbons (Fsp3) is 0.462. The number of carbonyl (C=O) groups excluding carboxylic acids is 1. The fourth-order valence-corrected chi connectivity index (χ4v) is 2.63. The van der Waals surface area contributed by atoms with Gasteiger partial charge in [0, 0.05) is 0 Å². The number of rotatable bonds is 6. The molecule has 1 aromatic rings. The molecule has 0 bridgehead atoms. The number of sulfone groups is 1. The molecular weight excluding hydrogens is 252 g/mol. The molecule has 0 N–H and O–H groups in total. The Morgan fingerprint density at radius 3 is 2.67 bits per heavy atom. The molecule has 18 heavy (non-hydrogen) atoms. The van der Waals surface area contributed by atoms with Gasteiger partial charge in [0.2, 0.25) is 0 Å². The first-order chi connectivity index (χ1) is 8.45. The quantitative estimate of drug-likeness (QED) is 0.587. The van der Waals surface area contributed by atoms with Crippen molar-refractivity contribution in [1.82, 2.24) is 0 Å². The van der Waals surface area contributed by atoms with Gasteiger partial charge in [-0.15, -0.1) is 0 Å². The van der Waals surface area contributed by atoms with Crippen LogP contribution in [0.2, 0.25) is 0 Å². The summed E-state index contributed by atoms with van der Waals surface area (Å²) in [5.41, 5.74) is 0.843. The molecule has 0 amide bonds. The third-order valence-corrected chi connectivity index (χ3v) is 4.01. The molecule has 1 aromatic carbocycles. The molecule has 0 heterocycles. The first kappa shape index (κ1) is 14.7. The summed E-state index contributed by atoms with van der Waals surface area (Å²) in [6.07, 6.45) is 1.65. The smallest absolute Gasteiger partial charge is 0.321 e. The number of benzene rings is 1. The minimum atomic E-state index is -3.59. The SMILES string of the molecule is CCCCOC(=O)CS(=O)(=O)c1cccc(C)c1. The number of aryl methyl sites for hydroxylation is 1. The molecule has 0 fully saturated rings. The van der Waals surface area contributed by atoms with Gasteiger partial charge in [-0.1, -0.05) is 25.5 Å². The predicted octanol–water partition coefficient (Wildman–Crippen LogP) is 2.11. The van der Waals surface area contributed by atoms with Crippen LogP contribution in [-0.2, 0) is 19.4 Å². The Balaban J connectivity index is 2.68. The van der Waals surface area contributed by atoms with Gasteiger partial charge in [0.25, 0.3) is 0 Å². The highest BCUT2D eigenvalue weighted by atomic mass is 32.2. The Hall–Kier alpha value is -1.36. The van der Waals surface area contributed by atoms with Crippen molar-refractivity contribution in [3.05, 3.63) is 29.8 Å². The zero-order valence-electron chi connectivity index (χ0n) is 10.7. The third-order valence-electron chi connectivity index (χ3n) is 2.42. The number of esters is 1. The number of hydrogen-bond acceptors (Lipinski definition) is 4. The van der Waals surface area contributed by atoms with E-state index in [1.807, 2.05) is 6.92 Å². The number of ether oxygens (including phenoxy) is 1. The van der Waals surface area contributed by atoms with E-state index in [9.17, 15) is 13.2 Å². The van der Waals surface area contributed by atoms with Crippen molar-refractivity contribution >= 4 is 15.8 Å². The highest BCUT2D eigenvalue weighted by molar-refractivity contribution is 7.92. The van der Waals surface area contributed by atoms with Gasteiger partial charge in [0.15, 0.2) is 15.6 Å². The molecule has 1 rings (SSSR count). The molecule has 0 atom stereocenters.